The van der Waals surface area contributed by atoms with Gasteiger partial charge in [-0.1, -0.05) is 43.3 Å². The highest BCUT2D eigenvalue weighted by molar-refractivity contribution is 5.82. The summed E-state index contributed by atoms with van der Waals surface area (Å²) in [5, 5.41) is 2.61. The second kappa shape index (κ2) is 9.11. The van der Waals surface area contributed by atoms with Crippen LogP contribution in [0, 0.1) is 5.92 Å². The summed E-state index contributed by atoms with van der Waals surface area (Å²) in [6, 6.07) is 8.56. The fourth-order valence-corrected chi connectivity index (χ4v) is 2.09. The van der Waals surface area contributed by atoms with Gasteiger partial charge in [-0.2, -0.15) is 0 Å². The molecule has 0 radical (unpaired) electrons. The largest absolute Gasteiger partial charge is 0.458 e. The number of hydrogen-bond donors (Lipinski definition) is 1. The number of rotatable bonds is 7. The van der Waals surface area contributed by atoms with Crippen LogP contribution in [0.3, 0.4) is 0 Å². The zero-order valence-electron chi connectivity index (χ0n) is 14.9. The lowest BCUT2D eigenvalue weighted by Gasteiger charge is -2.27. The molecule has 0 fully saturated rings. The van der Waals surface area contributed by atoms with Crippen LogP contribution < -0.4 is 5.32 Å². The third-order valence-electron chi connectivity index (χ3n) is 3.25. The second-order valence-electron chi connectivity index (χ2n) is 6.72. The van der Waals surface area contributed by atoms with Crippen LogP contribution in [-0.2, 0) is 20.9 Å². The number of allylic oxidation sites excluding steroid dienone is 1. The molecule has 0 saturated carbocycles. The van der Waals surface area contributed by atoms with E-state index in [1.54, 1.807) is 26.8 Å². The minimum Gasteiger partial charge on any atom is -0.458 e. The number of carbonyl (C=O) groups excluding carboxylic acids is 2. The second-order valence-corrected chi connectivity index (χ2v) is 6.72. The van der Waals surface area contributed by atoms with E-state index in [0.29, 0.717) is 6.42 Å². The molecule has 0 heterocycles. The molecule has 0 bridgehead atoms. The molecule has 5 heteroatoms. The summed E-state index contributed by atoms with van der Waals surface area (Å²) in [6.45, 7) is 11.0. The minimum absolute atomic E-state index is 0.142. The lowest BCUT2D eigenvalue weighted by molar-refractivity contribution is -0.158. The Labute approximate surface area is 144 Å². The van der Waals surface area contributed by atoms with Crippen molar-refractivity contribution in [2.45, 2.75) is 52.4 Å². The first-order valence-electron chi connectivity index (χ1n) is 8.04. The van der Waals surface area contributed by atoms with E-state index in [1.165, 1.54) is 0 Å². The third-order valence-corrected chi connectivity index (χ3v) is 3.25. The van der Waals surface area contributed by atoms with Crippen molar-refractivity contribution in [2.24, 2.45) is 5.92 Å². The molecule has 1 amide bonds. The third kappa shape index (κ3) is 7.31. The number of ether oxygens (including phenoxy) is 2. The van der Waals surface area contributed by atoms with E-state index in [1.807, 2.05) is 37.3 Å². The normalized spacial score (nSPS) is 13.5. The summed E-state index contributed by atoms with van der Waals surface area (Å²) >= 11 is 0. The van der Waals surface area contributed by atoms with Gasteiger partial charge in [-0.25, -0.2) is 9.59 Å². The van der Waals surface area contributed by atoms with Crippen molar-refractivity contribution < 1.29 is 19.1 Å². The molecule has 1 rings (SSSR count). The molecule has 24 heavy (non-hydrogen) atoms. The molecule has 0 aliphatic heterocycles. The smallest absolute Gasteiger partial charge is 0.408 e. The molecule has 132 valence electrons. The molecule has 0 aliphatic rings. The van der Waals surface area contributed by atoms with E-state index in [0.717, 1.165) is 5.56 Å². The quantitative estimate of drug-likeness (QED) is 0.608. The lowest BCUT2D eigenvalue weighted by atomic mass is 9.98. The standard InChI is InChI=1S/C19H27NO4/c1-6-10-14(2)16(17(21)24-19(3,4)5)20-18(22)23-13-15-11-8-7-9-12-15/h6-9,11-12,14,16H,1,10,13H2,2-5H3,(H,20,22)/t14-,16-/m0/s1. The lowest BCUT2D eigenvalue weighted by Crippen LogP contribution is -2.48. The summed E-state index contributed by atoms with van der Waals surface area (Å²) < 4.78 is 10.6. The Hall–Kier alpha value is -2.30. The topological polar surface area (TPSA) is 64.6 Å². The average molecular weight is 333 g/mol. The highest BCUT2D eigenvalue weighted by atomic mass is 16.6. The van der Waals surface area contributed by atoms with Gasteiger partial charge in [0.25, 0.3) is 0 Å². The minimum atomic E-state index is -0.787. The Kier molecular flexibility index (Phi) is 7.49. The Morgan fingerprint density at radius 3 is 2.42 bits per heavy atom. The van der Waals surface area contributed by atoms with Crippen molar-refractivity contribution in [3.05, 3.63) is 48.6 Å². The number of hydrogen-bond acceptors (Lipinski definition) is 4. The fraction of sp³-hybridized carbons (Fsp3) is 0.474. The van der Waals surface area contributed by atoms with Gasteiger partial charge in [0.2, 0.25) is 0 Å². The van der Waals surface area contributed by atoms with Crippen molar-refractivity contribution in [3.63, 3.8) is 0 Å². The van der Waals surface area contributed by atoms with E-state index in [2.05, 4.69) is 11.9 Å². The molecule has 0 saturated heterocycles. The van der Waals surface area contributed by atoms with Crippen LogP contribution in [0.15, 0.2) is 43.0 Å². The predicted molar refractivity (Wildman–Crippen MR) is 93.4 cm³/mol. The van der Waals surface area contributed by atoms with Gasteiger partial charge in [0.15, 0.2) is 0 Å². The van der Waals surface area contributed by atoms with Crippen LogP contribution in [0.25, 0.3) is 0 Å². The zero-order valence-corrected chi connectivity index (χ0v) is 14.9. The van der Waals surface area contributed by atoms with Gasteiger partial charge in [0, 0.05) is 0 Å². The van der Waals surface area contributed by atoms with Crippen molar-refractivity contribution in [2.75, 3.05) is 0 Å². The maximum Gasteiger partial charge on any atom is 0.408 e. The maximum atomic E-state index is 12.4. The molecular weight excluding hydrogens is 306 g/mol. The molecule has 0 aromatic heterocycles. The van der Waals surface area contributed by atoms with Crippen LogP contribution >= 0.6 is 0 Å². The SMILES string of the molecule is C=CC[C@H](C)[C@H](NC(=O)OCc1ccccc1)C(=O)OC(C)(C)C. The van der Waals surface area contributed by atoms with Crippen molar-refractivity contribution in [3.8, 4) is 0 Å². The molecule has 0 aliphatic carbocycles. The maximum absolute atomic E-state index is 12.4. The highest BCUT2D eigenvalue weighted by Gasteiger charge is 2.31. The number of benzene rings is 1. The van der Waals surface area contributed by atoms with Gasteiger partial charge in [0.1, 0.15) is 18.2 Å². The Morgan fingerprint density at radius 2 is 1.88 bits per heavy atom. The molecule has 1 N–H and O–H groups in total. The van der Waals surface area contributed by atoms with E-state index in [4.69, 9.17) is 9.47 Å². The Bertz CT molecular complexity index is 548. The monoisotopic (exact) mass is 333 g/mol. The average Bonchev–Trinajstić information content (AvgIpc) is 2.50. The molecule has 0 spiro atoms. The van der Waals surface area contributed by atoms with E-state index >= 15 is 0 Å². The molecular formula is C19H27NO4. The van der Waals surface area contributed by atoms with Crippen molar-refractivity contribution in [1.82, 2.24) is 5.32 Å². The van der Waals surface area contributed by atoms with Crippen molar-refractivity contribution >= 4 is 12.1 Å². The van der Waals surface area contributed by atoms with Crippen LogP contribution in [0.1, 0.15) is 39.7 Å². The Morgan fingerprint density at radius 1 is 1.25 bits per heavy atom. The van der Waals surface area contributed by atoms with Crippen LogP contribution in [0.5, 0.6) is 0 Å². The van der Waals surface area contributed by atoms with Crippen molar-refractivity contribution in [1.29, 1.82) is 0 Å². The van der Waals surface area contributed by atoms with Gasteiger partial charge in [0.05, 0.1) is 0 Å². The number of esters is 1. The predicted octanol–water partition coefficient (Wildman–Crippen LogP) is 3.84. The number of carbonyl (C=O) groups is 2. The zero-order chi connectivity index (χ0) is 18.2. The first kappa shape index (κ1) is 19.7. The summed E-state index contributed by atoms with van der Waals surface area (Å²) in [5.41, 5.74) is 0.249. The van der Waals surface area contributed by atoms with Gasteiger partial charge < -0.3 is 14.8 Å². The van der Waals surface area contributed by atoms with Gasteiger partial charge in [-0.15, -0.1) is 6.58 Å². The molecule has 2 atom stereocenters. The van der Waals surface area contributed by atoms with E-state index in [9.17, 15) is 9.59 Å². The fourth-order valence-electron chi connectivity index (χ4n) is 2.09. The number of amides is 1. The van der Waals surface area contributed by atoms with Crippen LogP contribution in [-0.4, -0.2) is 23.7 Å². The molecule has 5 nitrogen and oxygen atoms in total. The number of nitrogens with one attached hydrogen (secondary N) is 1. The number of alkyl carbamates (subject to hydrolysis) is 1. The van der Waals surface area contributed by atoms with Gasteiger partial charge in [-0.05, 0) is 38.7 Å². The van der Waals surface area contributed by atoms with E-state index in [-0.39, 0.29) is 12.5 Å². The summed E-state index contributed by atoms with van der Waals surface area (Å²) in [6.07, 6.45) is 1.63. The first-order valence-corrected chi connectivity index (χ1v) is 8.04. The van der Waals surface area contributed by atoms with Crippen LogP contribution in [0.4, 0.5) is 4.79 Å². The van der Waals surface area contributed by atoms with Gasteiger partial charge >= 0.3 is 12.1 Å². The highest BCUT2D eigenvalue weighted by Crippen LogP contribution is 2.15. The summed E-state index contributed by atoms with van der Waals surface area (Å²) in [5.74, 6) is -0.630. The van der Waals surface area contributed by atoms with E-state index < -0.39 is 23.7 Å². The summed E-state index contributed by atoms with van der Waals surface area (Å²) in [4.78, 5) is 24.4. The first-order chi connectivity index (χ1) is 11.2. The molecule has 1 aromatic carbocycles. The summed E-state index contributed by atoms with van der Waals surface area (Å²) in [7, 11) is 0. The molecule has 1 aromatic rings. The Balaban J connectivity index is 2.67. The van der Waals surface area contributed by atoms with Gasteiger partial charge in [-0.3, -0.25) is 0 Å². The van der Waals surface area contributed by atoms with Crippen LogP contribution in [0.2, 0.25) is 0 Å². The molecule has 0 unspecified atom stereocenters.